The first-order chi connectivity index (χ1) is 14.8. The van der Waals surface area contributed by atoms with E-state index >= 15 is 0 Å². The van der Waals surface area contributed by atoms with Gasteiger partial charge in [0.05, 0.1) is 10.6 Å². The topological polar surface area (TPSA) is 91.7 Å². The van der Waals surface area contributed by atoms with Gasteiger partial charge in [0.25, 0.3) is 0 Å². The zero-order valence-electron chi connectivity index (χ0n) is 16.6. The maximum atomic E-state index is 13.9. The second-order valence-corrected chi connectivity index (χ2v) is 8.07. The Morgan fingerprint density at radius 1 is 1.19 bits per heavy atom. The number of halogens is 4. The Morgan fingerprint density at radius 3 is 2.58 bits per heavy atom. The standard InChI is InChI=1S/C21H22ClF3N6/c22-17-10-15(28-20-29-19(26)30-31-20)9-16(21(23,24)25)18(17)14-5-3-12(4-6-14)8-13-2-1-7-27-11-13/h3-6,9-10,13,27H,1-2,7-8,11H2,(H4,26,28,29,30,31). The molecule has 0 bridgehead atoms. The van der Waals surface area contributed by atoms with Gasteiger partial charge in [-0.25, -0.2) is 5.10 Å². The Balaban J connectivity index is 1.63. The van der Waals surface area contributed by atoms with Crippen LogP contribution in [0.15, 0.2) is 36.4 Å². The summed E-state index contributed by atoms with van der Waals surface area (Å²) in [5.74, 6) is 0.644. The first-order valence-electron chi connectivity index (χ1n) is 9.95. The Kier molecular flexibility index (Phi) is 6.06. The molecule has 1 atom stereocenters. The molecule has 4 rings (SSSR count). The summed E-state index contributed by atoms with van der Waals surface area (Å²) in [5.41, 5.74) is 6.19. The van der Waals surface area contributed by atoms with Crippen molar-refractivity contribution >= 4 is 29.2 Å². The number of anilines is 3. The molecule has 3 aromatic rings. The average molecular weight is 451 g/mol. The third-order valence-corrected chi connectivity index (χ3v) is 5.62. The van der Waals surface area contributed by atoms with E-state index in [2.05, 4.69) is 25.8 Å². The molecule has 0 aliphatic carbocycles. The summed E-state index contributed by atoms with van der Waals surface area (Å²) in [6.07, 6.45) is -1.39. The normalized spacial score (nSPS) is 17.0. The van der Waals surface area contributed by atoms with Crippen molar-refractivity contribution in [1.29, 1.82) is 0 Å². The molecule has 1 aliphatic heterocycles. The molecule has 6 nitrogen and oxygen atoms in total. The second-order valence-electron chi connectivity index (χ2n) is 7.66. The SMILES string of the molecule is Nc1nc(Nc2cc(Cl)c(-c3ccc(CC4CCCNC4)cc3)c(C(F)(F)F)c2)n[nH]1. The van der Waals surface area contributed by atoms with Gasteiger partial charge >= 0.3 is 6.18 Å². The number of hydrogen-bond acceptors (Lipinski definition) is 5. The average Bonchev–Trinajstić information content (AvgIpc) is 3.13. The molecule has 0 saturated carbocycles. The molecule has 1 saturated heterocycles. The predicted molar refractivity (Wildman–Crippen MR) is 115 cm³/mol. The van der Waals surface area contributed by atoms with Crippen molar-refractivity contribution in [2.24, 2.45) is 5.92 Å². The number of nitrogens with two attached hydrogens (primary N) is 1. The first kappa shape index (κ1) is 21.5. The summed E-state index contributed by atoms with van der Waals surface area (Å²) in [5, 5.41) is 12.2. The highest BCUT2D eigenvalue weighted by Crippen LogP contribution is 2.43. The minimum atomic E-state index is -4.60. The number of alkyl halides is 3. The summed E-state index contributed by atoms with van der Waals surface area (Å²) < 4.78 is 41.6. The number of H-pyrrole nitrogens is 1. The highest BCUT2D eigenvalue weighted by molar-refractivity contribution is 6.33. The minimum Gasteiger partial charge on any atom is -0.368 e. The van der Waals surface area contributed by atoms with Gasteiger partial charge in [-0.3, -0.25) is 0 Å². The molecule has 10 heteroatoms. The zero-order valence-corrected chi connectivity index (χ0v) is 17.3. The van der Waals surface area contributed by atoms with Crippen molar-refractivity contribution in [3.63, 3.8) is 0 Å². The summed E-state index contributed by atoms with van der Waals surface area (Å²) in [7, 11) is 0. The summed E-state index contributed by atoms with van der Waals surface area (Å²) in [6, 6.07) is 9.57. The largest absolute Gasteiger partial charge is 0.417 e. The number of aromatic amines is 1. The molecular formula is C21H22ClF3N6. The number of nitrogens with one attached hydrogen (secondary N) is 3. The van der Waals surface area contributed by atoms with Crippen LogP contribution in [0.4, 0.5) is 30.8 Å². The van der Waals surface area contributed by atoms with Gasteiger partial charge in [-0.15, -0.1) is 5.10 Å². The van der Waals surface area contributed by atoms with Crippen molar-refractivity contribution < 1.29 is 13.2 Å². The minimum absolute atomic E-state index is 0.0231. The lowest BCUT2D eigenvalue weighted by Gasteiger charge is -2.23. The van der Waals surface area contributed by atoms with Crippen molar-refractivity contribution in [2.45, 2.75) is 25.4 Å². The van der Waals surface area contributed by atoms with Gasteiger partial charge in [-0.05, 0) is 61.5 Å². The molecule has 1 aromatic heterocycles. The van der Waals surface area contributed by atoms with Crippen molar-refractivity contribution in [2.75, 3.05) is 24.1 Å². The Labute approximate surface area is 182 Å². The monoisotopic (exact) mass is 450 g/mol. The van der Waals surface area contributed by atoms with Crippen LogP contribution in [0, 0.1) is 5.92 Å². The number of aromatic nitrogens is 3. The van der Waals surface area contributed by atoms with Crippen LogP contribution < -0.4 is 16.4 Å². The zero-order chi connectivity index (χ0) is 22.0. The highest BCUT2D eigenvalue weighted by Gasteiger charge is 2.35. The fourth-order valence-electron chi connectivity index (χ4n) is 3.89. The van der Waals surface area contributed by atoms with Crippen LogP contribution in [0.2, 0.25) is 5.02 Å². The summed E-state index contributed by atoms with van der Waals surface area (Å²) >= 11 is 6.32. The van der Waals surface area contributed by atoms with Crippen LogP contribution in [0.3, 0.4) is 0 Å². The quantitative estimate of drug-likeness (QED) is 0.438. The van der Waals surface area contributed by atoms with E-state index in [0.29, 0.717) is 11.5 Å². The van der Waals surface area contributed by atoms with Crippen LogP contribution in [0.1, 0.15) is 24.0 Å². The van der Waals surface area contributed by atoms with Crippen molar-refractivity contribution in [1.82, 2.24) is 20.5 Å². The Hall–Kier alpha value is -2.78. The van der Waals surface area contributed by atoms with Crippen LogP contribution in [-0.4, -0.2) is 28.3 Å². The van der Waals surface area contributed by atoms with E-state index in [4.69, 9.17) is 17.3 Å². The third-order valence-electron chi connectivity index (χ3n) is 5.32. The highest BCUT2D eigenvalue weighted by atomic mass is 35.5. The lowest BCUT2D eigenvalue weighted by Crippen LogP contribution is -2.30. The summed E-state index contributed by atoms with van der Waals surface area (Å²) in [6.45, 7) is 2.01. The van der Waals surface area contributed by atoms with E-state index in [0.717, 1.165) is 44.0 Å². The van der Waals surface area contributed by atoms with Gasteiger partial charge in [-0.2, -0.15) is 18.2 Å². The molecule has 2 heterocycles. The molecule has 2 aromatic carbocycles. The number of rotatable bonds is 5. The smallest absolute Gasteiger partial charge is 0.368 e. The fraction of sp³-hybridized carbons (Fsp3) is 0.333. The fourth-order valence-corrected chi connectivity index (χ4v) is 4.22. The van der Waals surface area contributed by atoms with E-state index < -0.39 is 11.7 Å². The van der Waals surface area contributed by atoms with Crippen LogP contribution in [0.5, 0.6) is 0 Å². The maximum absolute atomic E-state index is 13.9. The lowest BCUT2D eigenvalue weighted by atomic mass is 9.91. The van der Waals surface area contributed by atoms with Gasteiger partial charge in [0.1, 0.15) is 0 Å². The van der Waals surface area contributed by atoms with Gasteiger partial charge in [0.15, 0.2) is 0 Å². The molecule has 164 valence electrons. The Morgan fingerprint density at radius 2 is 1.97 bits per heavy atom. The molecular weight excluding hydrogens is 429 g/mol. The maximum Gasteiger partial charge on any atom is 0.417 e. The van der Waals surface area contributed by atoms with Gasteiger partial charge in [0, 0.05) is 11.3 Å². The molecule has 0 amide bonds. The lowest BCUT2D eigenvalue weighted by molar-refractivity contribution is -0.137. The molecule has 1 fully saturated rings. The Bertz CT molecular complexity index is 1040. The number of nitrogens with zero attached hydrogens (tertiary/aromatic N) is 2. The van der Waals surface area contributed by atoms with Gasteiger partial charge in [-0.1, -0.05) is 35.9 Å². The van der Waals surface area contributed by atoms with E-state index in [9.17, 15) is 13.2 Å². The third kappa shape index (κ3) is 5.11. The number of nitrogen functional groups attached to an aromatic ring is 1. The first-order valence-corrected chi connectivity index (χ1v) is 10.3. The summed E-state index contributed by atoms with van der Waals surface area (Å²) in [4.78, 5) is 3.84. The van der Waals surface area contributed by atoms with E-state index in [1.165, 1.54) is 6.07 Å². The number of piperidine rings is 1. The van der Waals surface area contributed by atoms with Crippen molar-refractivity contribution in [3.05, 3.63) is 52.5 Å². The second kappa shape index (κ2) is 8.76. The number of benzene rings is 2. The number of hydrogen-bond donors (Lipinski definition) is 4. The molecule has 5 N–H and O–H groups in total. The molecule has 1 aliphatic rings. The molecule has 31 heavy (non-hydrogen) atoms. The molecule has 1 unspecified atom stereocenters. The van der Waals surface area contributed by atoms with Crippen LogP contribution in [-0.2, 0) is 12.6 Å². The van der Waals surface area contributed by atoms with Crippen LogP contribution >= 0.6 is 11.6 Å². The van der Waals surface area contributed by atoms with E-state index in [-0.39, 0.29) is 28.2 Å². The van der Waals surface area contributed by atoms with E-state index in [1.807, 2.05) is 12.1 Å². The van der Waals surface area contributed by atoms with E-state index in [1.54, 1.807) is 12.1 Å². The molecule has 0 radical (unpaired) electrons. The molecule has 0 spiro atoms. The van der Waals surface area contributed by atoms with Gasteiger partial charge < -0.3 is 16.4 Å². The van der Waals surface area contributed by atoms with Crippen molar-refractivity contribution in [3.8, 4) is 11.1 Å². The predicted octanol–water partition coefficient (Wildman–Crippen LogP) is 5.01. The van der Waals surface area contributed by atoms with Gasteiger partial charge in [0.2, 0.25) is 11.9 Å². The van der Waals surface area contributed by atoms with Crippen LogP contribution in [0.25, 0.3) is 11.1 Å².